The van der Waals surface area contributed by atoms with Crippen LogP contribution in [0.5, 0.6) is 0 Å². The molecular weight excluding hydrogens is 470 g/mol. The molecule has 37 heavy (non-hydrogen) atoms. The third-order valence-corrected chi connectivity index (χ3v) is 8.64. The lowest BCUT2D eigenvalue weighted by molar-refractivity contribution is -0.124. The van der Waals surface area contributed by atoms with Gasteiger partial charge in [-0.2, -0.15) is 0 Å². The zero-order valence-electron chi connectivity index (χ0n) is 21.6. The maximum Gasteiger partial charge on any atom is 0.410 e. The summed E-state index contributed by atoms with van der Waals surface area (Å²) in [6.45, 7) is 5.09. The van der Waals surface area contributed by atoms with Crippen molar-refractivity contribution < 1.29 is 19.1 Å². The van der Waals surface area contributed by atoms with Gasteiger partial charge in [0, 0.05) is 50.1 Å². The Kier molecular flexibility index (Phi) is 6.18. The van der Waals surface area contributed by atoms with E-state index in [4.69, 9.17) is 9.47 Å². The van der Waals surface area contributed by atoms with Crippen molar-refractivity contribution in [2.75, 3.05) is 48.5 Å². The summed E-state index contributed by atoms with van der Waals surface area (Å²) in [5, 5.41) is 3.48. The predicted octanol–water partition coefficient (Wildman–Crippen LogP) is 4.30. The predicted molar refractivity (Wildman–Crippen MR) is 141 cm³/mol. The molecule has 1 aliphatic carbocycles. The molecule has 2 amide bonds. The molecular formula is C28H35N5O4. The van der Waals surface area contributed by atoms with Crippen LogP contribution in [-0.4, -0.2) is 66.9 Å². The Balaban J connectivity index is 1.32. The minimum Gasteiger partial charge on any atom is -0.447 e. The smallest absolute Gasteiger partial charge is 0.410 e. The first-order valence-corrected chi connectivity index (χ1v) is 13.4. The number of hydrogen-bond acceptors (Lipinski definition) is 7. The van der Waals surface area contributed by atoms with E-state index in [1.807, 2.05) is 28.9 Å². The van der Waals surface area contributed by atoms with E-state index >= 15 is 0 Å². The first-order valence-electron chi connectivity index (χ1n) is 13.4. The van der Waals surface area contributed by atoms with Gasteiger partial charge in [0.05, 0.1) is 29.6 Å². The molecule has 2 saturated heterocycles. The van der Waals surface area contributed by atoms with Crippen LogP contribution in [0.2, 0.25) is 0 Å². The third kappa shape index (κ3) is 4.19. The largest absolute Gasteiger partial charge is 0.447 e. The van der Waals surface area contributed by atoms with Gasteiger partial charge in [-0.3, -0.25) is 9.69 Å². The summed E-state index contributed by atoms with van der Waals surface area (Å²) in [5.41, 5.74) is 3.52. The zero-order valence-corrected chi connectivity index (χ0v) is 21.6. The maximum absolute atomic E-state index is 14.0. The Hall–Kier alpha value is -3.33. The van der Waals surface area contributed by atoms with E-state index in [0.717, 1.165) is 73.6 Å². The van der Waals surface area contributed by atoms with Crippen LogP contribution in [0.25, 0.3) is 0 Å². The van der Waals surface area contributed by atoms with Gasteiger partial charge in [0.25, 0.3) is 0 Å². The number of nitrogens with one attached hydrogen (secondary N) is 1. The summed E-state index contributed by atoms with van der Waals surface area (Å²) in [4.78, 5) is 36.9. The number of ether oxygens (including phenoxy) is 2. The molecule has 2 aromatic rings. The van der Waals surface area contributed by atoms with Crippen LogP contribution in [0.15, 0.2) is 36.5 Å². The Morgan fingerprint density at radius 1 is 1.24 bits per heavy atom. The second-order valence-electron chi connectivity index (χ2n) is 10.7. The number of aromatic nitrogens is 1. The molecule has 6 rings (SSSR count). The van der Waals surface area contributed by atoms with Crippen LogP contribution >= 0.6 is 0 Å². The van der Waals surface area contributed by atoms with E-state index in [1.54, 1.807) is 13.3 Å². The minimum atomic E-state index is -0.285. The normalized spacial score (nSPS) is 27.0. The first kappa shape index (κ1) is 24.0. The zero-order chi connectivity index (χ0) is 25.6. The molecule has 3 fully saturated rings. The van der Waals surface area contributed by atoms with Crippen LogP contribution in [0.3, 0.4) is 0 Å². The highest BCUT2D eigenvalue weighted by Gasteiger charge is 2.51. The molecule has 1 unspecified atom stereocenters. The van der Waals surface area contributed by atoms with Gasteiger partial charge >= 0.3 is 6.09 Å². The van der Waals surface area contributed by atoms with Crippen molar-refractivity contribution in [3.8, 4) is 0 Å². The van der Waals surface area contributed by atoms with Crippen LogP contribution in [0, 0.1) is 5.92 Å². The average molecular weight is 506 g/mol. The van der Waals surface area contributed by atoms with Crippen LogP contribution in [0.1, 0.15) is 44.6 Å². The van der Waals surface area contributed by atoms with Gasteiger partial charge in [-0.05, 0) is 63.3 Å². The number of cyclic esters (lactones) is 1. The highest BCUT2D eigenvalue weighted by Crippen LogP contribution is 2.42. The maximum atomic E-state index is 14.0. The van der Waals surface area contributed by atoms with E-state index < -0.39 is 0 Å². The molecule has 0 radical (unpaired) electrons. The number of hydrogen-bond donors (Lipinski definition) is 1. The first-order chi connectivity index (χ1) is 18.0. The number of fused-ring (bicyclic) bond motifs is 2. The summed E-state index contributed by atoms with van der Waals surface area (Å²) < 4.78 is 11.0. The molecule has 9 heteroatoms. The van der Waals surface area contributed by atoms with Gasteiger partial charge in [0.15, 0.2) is 0 Å². The number of amides is 2. The third-order valence-electron chi connectivity index (χ3n) is 8.64. The molecule has 3 aliphatic heterocycles. The molecule has 0 bridgehead atoms. The van der Waals surface area contributed by atoms with E-state index in [-0.39, 0.29) is 29.6 Å². The Bertz CT molecular complexity index is 1200. The van der Waals surface area contributed by atoms with Crippen molar-refractivity contribution in [3.63, 3.8) is 0 Å². The number of likely N-dealkylation sites (N-methyl/N-ethyl adjacent to an activating group) is 1. The van der Waals surface area contributed by atoms with E-state index in [2.05, 4.69) is 33.4 Å². The van der Waals surface area contributed by atoms with Gasteiger partial charge in [-0.1, -0.05) is 6.07 Å². The lowest BCUT2D eigenvalue weighted by Crippen LogP contribution is -2.49. The summed E-state index contributed by atoms with van der Waals surface area (Å²) in [6, 6.07) is 10.2. The quantitative estimate of drug-likeness (QED) is 0.663. The fraction of sp³-hybridized carbons (Fsp3) is 0.536. The van der Waals surface area contributed by atoms with Crippen LogP contribution in [0.4, 0.5) is 27.7 Å². The van der Waals surface area contributed by atoms with Crippen molar-refractivity contribution in [1.82, 2.24) is 9.88 Å². The number of carbonyl (C=O) groups excluding carboxylic acids is 2. The minimum absolute atomic E-state index is 0.0176. The van der Waals surface area contributed by atoms with E-state index in [1.165, 1.54) is 0 Å². The van der Waals surface area contributed by atoms with Crippen LogP contribution < -0.4 is 15.1 Å². The van der Waals surface area contributed by atoms with Crippen LogP contribution in [-0.2, 0) is 20.8 Å². The molecule has 1 N–H and O–H groups in total. The summed E-state index contributed by atoms with van der Waals surface area (Å²) in [6.07, 6.45) is 6.16. The Labute approximate surface area is 217 Å². The van der Waals surface area contributed by atoms with E-state index in [9.17, 15) is 9.59 Å². The number of carbonyl (C=O) groups is 2. The Morgan fingerprint density at radius 3 is 2.86 bits per heavy atom. The molecule has 1 atom stereocenters. The molecule has 1 aromatic heterocycles. The van der Waals surface area contributed by atoms with Crippen molar-refractivity contribution in [2.45, 2.75) is 57.2 Å². The number of nitrogens with zero attached hydrogens (tertiary/aromatic N) is 4. The number of pyridine rings is 1. The Morgan fingerprint density at radius 2 is 2.08 bits per heavy atom. The van der Waals surface area contributed by atoms with Gasteiger partial charge in [0.2, 0.25) is 5.91 Å². The summed E-state index contributed by atoms with van der Waals surface area (Å²) in [5.74, 6) is 0.933. The fourth-order valence-corrected chi connectivity index (χ4v) is 6.50. The summed E-state index contributed by atoms with van der Waals surface area (Å²) in [7, 11) is 1.75. The van der Waals surface area contributed by atoms with Gasteiger partial charge < -0.3 is 24.6 Å². The molecule has 1 saturated carbocycles. The molecule has 4 aliphatic rings. The lowest BCUT2D eigenvalue weighted by atomic mass is 9.86. The SMILES string of the molecule is CCN1C(=O)OCC12CCN(c1ccc3c(c1)N(C(=O)C1CCC(OC)CC1)Cc1cccnc1N3)C2. The molecule has 196 valence electrons. The highest BCUT2D eigenvalue weighted by atomic mass is 16.6. The average Bonchev–Trinajstić information content (AvgIpc) is 3.45. The van der Waals surface area contributed by atoms with Crippen molar-refractivity contribution in [3.05, 3.63) is 42.1 Å². The van der Waals surface area contributed by atoms with Crippen molar-refractivity contribution in [1.29, 1.82) is 0 Å². The second-order valence-corrected chi connectivity index (χ2v) is 10.7. The number of anilines is 4. The molecule has 4 heterocycles. The van der Waals surface area contributed by atoms with Crippen molar-refractivity contribution in [2.24, 2.45) is 5.92 Å². The fourth-order valence-electron chi connectivity index (χ4n) is 6.50. The highest BCUT2D eigenvalue weighted by molar-refractivity contribution is 6.00. The van der Waals surface area contributed by atoms with Gasteiger partial charge in [0.1, 0.15) is 12.4 Å². The van der Waals surface area contributed by atoms with Gasteiger partial charge in [-0.25, -0.2) is 9.78 Å². The monoisotopic (exact) mass is 505 g/mol. The standard InChI is InChI=1S/C28H35N5O4/c1-3-33-27(35)37-18-28(33)12-14-31(17-28)21-8-11-23-24(15-21)32(16-20-5-4-13-29-25(20)30-23)26(34)19-6-9-22(36-2)10-7-19/h4-5,8,11,13,15,19,22H,3,6-7,9-10,12,14,16-18H2,1-2H3,(H,29,30). The number of rotatable bonds is 4. The molecule has 1 spiro atoms. The second kappa shape index (κ2) is 9.52. The molecule has 1 aromatic carbocycles. The van der Waals surface area contributed by atoms with E-state index in [0.29, 0.717) is 19.7 Å². The molecule has 9 nitrogen and oxygen atoms in total. The number of methoxy groups -OCH3 is 1. The lowest BCUT2D eigenvalue weighted by Gasteiger charge is -2.33. The van der Waals surface area contributed by atoms with Crippen molar-refractivity contribution >= 4 is 34.9 Å². The number of benzene rings is 1. The topological polar surface area (TPSA) is 87.2 Å². The van der Waals surface area contributed by atoms with Gasteiger partial charge in [-0.15, -0.1) is 0 Å². The summed E-state index contributed by atoms with van der Waals surface area (Å²) >= 11 is 0.